The van der Waals surface area contributed by atoms with Crippen molar-refractivity contribution in [2.75, 3.05) is 0 Å². The second kappa shape index (κ2) is 4.57. The third-order valence-corrected chi connectivity index (χ3v) is 3.57. The van der Waals surface area contributed by atoms with Gasteiger partial charge in [-0.25, -0.2) is 8.42 Å². The molecule has 0 unspecified atom stereocenters. The smallest absolute Gasteiger partial charge is 0.258 e. The summed E-state index contributed by atoms with van der Waals surface area (Å²) in [6.07, 6.45) is 0.175. The van der Waals surface area contributed by atoms with E-state index in [-0.39, 0.29) is 27.6 Å². The summed E-state index contributed by atoms with van der Waals surface area (Å²) in [5, 5.41) is 10.7. The van der Waals surface area contributed by atoms with Crippen molar-refractivity contribution in [1.82, 2.24) is 0 Å². The maximum absolute atomic E-state index is 11.2. The third kappa shape index (κ3) is 2.63. The minimum atomic E-state index is -4.04. The lowest BCUT2D eigenvalue weighted by Crippen LogP contribution is -2.02. The zero-order valence-corrected chi connectivity index (χ0v) is 10.4. The van der Waals surface area contributed by atoms with Crippen LogP contribution in [0.5, 0.6) is 0 Å². The number of nitrogens with zero attached hydrogens (tertiary/aromatic N) is 1. The number of hydrogen-bond donors (Lipinski definition) is 0. The van der Waals surface area contributed by atoms with E-state index < -0.39 is 14.0 Å². The molecule has 0 heterocycles. The van der Waals surface area contributed by atoms with Crippen molar-refractivity contribution in [1.29, 1.82) is 0 Å². The van der Waals surface area contributed by atoms with E-state index >= 15 is 0 Å². The molecule has 0 aliphatic carbocycles. The molecule has 0 aliphatic rings. The Morgan fingerprint density at radius 2 is 2.00 bits per heavy atom. The molecule has 0 fully saturated rings. The summed E-state index contributed by atoms with van der Waals surface area (Å²) >= 11 is 5.60. The number of nitro benzene ring substituents is 1. The highest BCUT2D eigenvalue weighted by Crippen LogP contribution is 2.32. The van der Waals surface area contributed by atoms with Crippen LogP contribution in [0.15, 0.2) is 17.0 Å². The summed E-state index contributed by atoms with van der Waals surface area (Å²) in [7, 11) is 1.14. The summed E-state index contributed by atoms with van der Waals surface area (Å²) in [6.45, 7) is 1.60. The van der Waals surface area contributed by atoms with Gasteiger partial charge in [0.1, 0.15) is 0 Å². The van der Waals surface area contributed by atoms with Crippen LogP contribution < -0.4 is 0 Å². The summed E-state index contributed by atoms with van der Waals surface area (Å²) in [4.78, 5) is 9.73. The highest BCUT2D eigenvalue weighted by molar-refractivity contribution is 8.13. The molecule has 1 aromatic carbocycles. The van der Waals surface area contributed by atoms with E-state index in [1.165, 1.54) is 0 Å². The van der Waals surface area contributed by atoms with Gasteiger partial charge < -0.3 is 0 Å². The number of hydrogen-bond acceptors (Lipinski definition) is 4. The zero-order valence-electron chi connectivity index (χ0n) is 8.11. The second-order valence-electron chi connectivity index (χ2n) is 2.95. The van der Waals surface area contributed by atoms with Crippen molar-refractivity contribution in [3.05, 3.63) is 32.8 Å². The van der Waals surface area contributed by atoms with Crippen LogP contribution in [0.4, 0.5) is 5.69 Å². The van der Waals surface area contributed by atoms with Gasteiger partial charge in [-0.3, -0.25) is 10.1 Å². The van der Waals surface area contributed by atoms with Gasteiger partial charge in [-0.05, 0) is 12.5 Å². The van der Waals surface area contributed by atoms with Gasteiger partial charge >= 0.3 is 0 Å². The Balaban J connectivity index is 3.68. The summed E-state index contributed by atoms with van der Waals surface area (Å²) in [5.74, 6) is 0. The quantitative estimate of drug-likeness (QED) is 0.485. The molecule has 8 heteroatoms. The molecule has 5 nitrogen and oxygen atoms in total. The van der Waals surface area contributed by atoms with Gasteiger partial charge in [0.15, 0.2) is 0 Å². The van der Waals surface area contributed by atoms with E-state index in [2.05, 4.69) is 0 Å². The van der Waals surface area contributed by atoms with Gasteiger partial charge in [0.25, 0.3) is 14.7 Å². The second-order valence-corrected chi connectivity index (χ2v) is 5.92. The fraction of sp³-hybridized carbons (Fsp3) is 0.250. The SMILES string of the molecule is CCc1c([N+](=O)[O-])cc(Cl)cc1S(=O)(=O)Cl. The first-order valence-electron chi connectivity index (χ1n) is 4.18. The van der Waals surface area contributed by atoms with Crippen molar-refractivity contribution in [3.8, 4) is 0 Å². The van der Waals surface area contributed by atoms with E-state index in [0.717, 1.165) is 12.1 Å². The van der Waals surface area contributed by atoms with Crippen molar-refractivity contribution in [2.45, 2.75) is 18.2 Å². The molecule has 0 saturated heterocycles. The fourth-order valence-electron chi connectivity index (χ4n) is 1.33. The number of halogens is 2. The molecule has 88 valence electrons. The number of nitro groups is 1. The zero-order chi connectivity index (χ0) is 12.5. The normalized spacial score (nSPS) is 11.4. The van der Waals surface area contributed by atoms with Crippen molar-refractivity contribution >= 4 is 37.0 Å². The Morgan fingerprint density at radius 3 is 2.38 bits per heavy atom. The van der Waals surface area contributed by atoms with Gasteiger partial charge in [0.05, 0.1) is 9.82 Å². The maximum atomic E-state index is 11.2. The Morgan fingerprint density at radius 1 is 1.44 bits per heavy atom. The van der Waals surface area contributed by atoms with E-state index in [0.29, 0.717) is 0 Å². The molecule has 0 aromatic heterocycles. The topological polar surface area (TPSA) is 77.3 Å². The average Bonchev–Trinajstić information content (AvgIpc) is 2.14. The third-order valence-electron chi connectivity index (χ3n) is 1.96. The minimum absolute atomic E-state index is 0.0388. The van der Waals surface area contributed by atoms with Gasteiger partial charge in [0.2, 0.25) is 0 Å². The van der Waals surface area contributed by atoms with Gasteiger partial charge in [-0.15, -0.1) is 0 Å². The number of benzene rings is 1. The molecule has 0 amide bonds. The first kappa shape index (κ1) is 13.2. The molecule has 0 bridgehead atoms. The van der Waals surface area contributed by atoms with Gasteiger partial charge in [-0.2, -0.15) is 0 Å². The monoisotopic (exact) mass is 283 g/mol. The van der Waals surface area contributed by atoms with Crippen molar-refractivity contribution in [2.24, 2.45) is 0 Å². The Labute approximate surface area is 102 Å². The van der Waals surface area contributed by atoms with Crippen LogP contribution in [0.25, 0.3) is 0 Å². The largest absolute Gasteiger partial charge is 0.275 e. The summed E-state index contributed by atoms with van der Waals surface area (Å²) in [5.41, 5.74) is -0.279. The maximum Gasteiger partial charge on any atom is 0.275 e. The predicted octanol–water partition coefficient (Wildman–Crippen LogP) is 2.74. The molecular weight excluding hydrogens is 277 g/mol. The first-order chi connectivity index (χ1) is 7.27. The minimum Gasteiger partial charge on any atom is -0.258 e. The molecule has 0 radical (unpaired) electrons. The van der Waals surface area contributed by atoms with E-state index in [1.54, 1.807) is 6.92 Å². The van der Waals surface area contributed by atoms with Crippen molar-refractivity contribution < 1.29 is 13.3 Å². The van der Waals surface area contributed by atoms with Crippen LogP contribution in [0.1, 0.15) is 12.5 Å². The molecule has 0 saturated carbocycles. The molecule has 0 aliphatic heterocycles. The predicted molar refractivity (Wildman–Crippen MR) is 60.5 cm³/mol. The average molecular weight is 284 g/mol. The standard InChI is InChI=1S/C8H7Cl2NO4S/c1-2-6-7(11(12)13)3-5(9)4-8(6)16(10,14)15/h3-4H,2H2,1H3. The van der Waals surface area contributed by atoms with Crippen LogP contribution in [-0.2, 0) is 15.5 Å². The molecule has 0 atom stereocenters. The molecule has 1 rings (SSSR count). The van der Waals surface area contributed by atoms with Crippen LogP contribution in [0.2, 0.25) is 5.02 Å². The first-order valence-corrected chi connectivity index (χ1v) is 6.87. The molecule has 1 aromatic rings. The van der Waals surface area contributed by atoms with Crippen LogP contribution in [0, 0.1) is 10.1 Å². The molecular formula is C8H7Cl2NO4S. The molecule has 0 N–H and O–H groups in total. The van der Waals surface area contributed by atoms with E-state index in [9.17, 15) is 18.5 Å². The van der Waals surface area contributed by atoms with E-state index in [1.807, 2.05) is 0 Å². The summed E-state index contributed by atoms with van der Waals surface area (Å²) < 4.78 is 22.4. The lowest BCUT2D eigenvalue weighted by atomic mass is 10.1. The number of rotatable bonds is 3. The van der Waals surface area contributed by atoms with Gasteiger partial charge in [-0.1, -0.05) is 18.5 Å². The Hall–Kier alpha value is -0.850. The van der Waals surface area contributed by atoms with Crippen LogP contribution in [0.3, 0.4) is 0 Å². The van der Waals surface area contributed by atoms with Gasteiger partial charge in [0, 0.05) is 27.3 Å². The molecule has 0 spiro atoms. The van der Waals surface area contributed by atoms with E-state index in [4.69, 9.17) is 22.3 Å². The highest BCUT2D eigenvalue weighted by Gasteiger charge is 2.24. The lowest BCUT2D eigenvalue weighted by molar-refractivity contribution is -0.385. The lowest BCUT2D eigenvalue weighted by Gasteiger charge is -2.06. The fourth-order valence-corrected chi connectivity index (χ4v) is 2.83. The summed E-state index contributed by atoms with van der Waals surface area (Å²) in [6, 6.07) is 2.21. The highest BCUT2D eigenvalue weighted by atomic mass is 35.7. The Kier molecular flexibility index (Phi) is 3.77. The Bertz CT molecular complexity index is 541. The van der Waals surface area contributed by atoms with Crippen molar-refractivity contribution in [3.63, 3.8) is 0 Å². The molecule has 16 heavy (non-hydrogen) atoms. The van der Waals surface area contributed by atoms with Crippen LogP contribution in [-0.4, -0.2) is 13.3 Å². The van der Waals surface area contributed by atoms with Crippen LogP contribution >= 0.6 is 22.3 Å².